The maximum atomic E-state index is 11.3. The van der Waals surface area contributed by atoms with Gasteiger partial charge in [0, 0.05) is 0 Å². The molecule has 2 nitrogen and oxygen atoms in total. The maximum Gasteiger partial charge on any atom is 0.315 e. The summed E-state index contributed by atoms with van der Waals surface area (Å²) in [6, 6.07) is 9.14. The van der Waals surface area contributed by atoms with E-state index in [-0.39, 0.29) is 5.97 Å². The highest BCUT2D eigenvalue weighted by Crippen LogP contribution is 2.10. The molecule has 0 unspecified atom stereocenters. The van der Waals surface area contributed by atoms with Gasteiger partial charge < -0.3 is 4.74 Å². The number of esters is 1. The summed E-state index contributed by atoms with van der Waals surface area (Å²) in [6.07, 6.45) is 5.80. The molecule has 0 aromatic heterocycles. The summed E-state index contributed by atoms with van der Waals surface area (Å²) in [5.41, 5.74) is 0. The number of carbonyl (C=O) groups is 1. The first-order chi connectivity index (χ1) is 7.33. The number of rotatable bonds is 6. The first kappa shape index (κ1) is 11.8. The Morgan fingerprint density at radius 2 is 2.00 bits per heavy atom. The molecular weight excluding hydrogens is 188 g/mol. The minimum Gasteiger partial charge on any atom is -0.426 e. The molecule has 81 valence electrons. The molecule has 0 fully saturated rings. The summed E-state index contributed by atoms with van der Waals surface area (Å²) in [4.78, 5) is 11.3. The van der Waals surface area contributed by atoms with Gasteiger partial charge in [-0.25, -0.2) is 0 Å². The molecule has 1 aromatic carbocycles. The molecule has 0 amide bonds. The fourth-order valence-electron chi connectivity index (χ4n) is 1.26. The predicted octanol–water partition coefficient (Wildman–Crippen LogP) is 3.38. The van der Waals surface area contributed by atoms with E-state index in [0.29, 0.717) is 5.75 Å². The highest BCUT2D eigenvalue weighted by atomic mass is 16.5. The van der Waals surface area contributed by atoms with E-state index < -0.39 is 0 Å². The quantitative estimate of drug-likeness (QED) is 0.404. The summed E-state index contributed by atoms with van der Waals surface area (Å²) >= 11 is 0. The molecular formula is C13H17O2. The van der Waals surface area contributed by atoms with Crippen LogP contribution in [0.3, 0.4) is 0 Å². The van der Waals surface area contributed by atoms with Crippen molar-refractivity contribution in [2.75, 3.05) is 0 Å². The Kier molecular flexibility index (Phi) is 5.52. The van der Waals surface area contributed by atoms with Crippen LogP contribution in [0.15, 0.2) is 30.3 Å². The number of unbranched alkanes of at least 4 members (excludes halogenated alkanes) is 3. The van der Waals surface area contributed by atoms with Crippen LogP contribution >= 0.6 is 0 Å². The van der Waals surface area contributed by atoms with Crippen LogP contribution in [-0.4, -0.2) is 5.97 Å². The number of hydrogen-bond donors (Lipinski definition) is 0. The molecule has 0 aliphatic heterocycles. The molecule has 0 bridgehead atoms. The third-order valence-corrected chi connectivity index (χ3v) is 2.08. The monoisotopic (exact) mass is 205 g/mol. The predicted molar refractivity (Wildman–Crippen MR) is 60.5 cm³/mol. The Balaban J connectivity index is 2.19. The molecule has 2 heteroatoms. The van der Waals surface area contributed by atoms with Crippen molar-refractivity contribution in [1.29, 1.82) is 0 Å². The van der Waals surface area contributed by atoms with Gasteiger partial charge in [-0.3, -0.25) is 4.79 Å². The highest BCUT2D eigenvalue weighted by Gasteiger charge is 2.03. The standard InChI is InChI=1S/C13H17O2/c1-2-3-4-8-11-13(14)15-12-9-6-5-7-10-12/h5-7,9-11H,2-4,8H2,1H3. The number of hydrogen-bond acceptors (Lipinski definition) is 2. The van der Waals surface area contributed by atoms with Crippen molar-refractivity contribution in [2.24, 2.45) is 0 Å². The lowest BCUT2D eigenvalue weighted by atomic mass is 10.1. The first-order valence-corrected chi connectivity index (χ1v) is 5.43. The second-order valence-electron chi connectivity index (χ2n) is 3.43. The van der Waals surface area contributed by atoms with E-state index in [1.54, 1.807) is 18.6 Å². The molecule has 0 spiro atoms. The van der Waals surface area contributed by atoms with Crippen LogP contribution in [0.2, 0.25) is 0 Å². The van der Waals surface area contributed by atoms with Gasteiger partial charge in [-0.15, -0.1) is 0 Å². The topological polar surface area (TPSA) is 26.3 Å². The number of carbonyl (C=O) groups excluding carboxylic acids is 1. The second kappa shape index (κ2) is 7.04. The van der Waals surface area contributed by atoms with Crippen LogP contribution < -0.4 is 4.74 Å². The molecule has 1 rings (SSSR count). The van der Waals surface area contributed by atoms with E-state index in [1.807, 2.05) is 18.2 Å². The Labute approximate surface area is 91.3 Å². The van der Waals surface area contributed by atoms with E-state index in [2.05, 4.69) is 6.92 Å². The summed E-state index contributed by atoms with van der Waals surface area (Å²) in [5.74, 6) is 0.353. The number of para-hydroxylation sites is 1. The van der Waals surface area contributed by atoms with Gasteiger partial charge in [0.05, 0.1) is 6.42 Å². The van der Waals surface area contributed by atoms with Crippen molar-refractivity contribution >= 4 is 5.97 Å². The van der Waals surface area contributed by atoms with E-state index in [4.69, 9.17) is 4.74 Å². The van der Waals surface area contributed by atoms with E-state index in [1.165, 1.54) is 6.42 Å². The zero-order valence-electron chi connectivity index (χ0n) is 9.11. The summed E-state index contributed by atoms with van der Waals surface area (Å²) in [6.45, 7) is 2.14. The van der Waals surface area contributed by atoms with Gasteiger partial charge in [0.2, 0.25) is 0 Å². The zero-order valence-corrected chi connectivity index (χ0v) is 9.11. The van der Waals surface area contributed by atoms with Crippen molar-refractivity contribution < 1.29 is 9.53 Å². The van der Waals surface area contributed by atoms with Crippen LogP contribution in [0, 0.1) is 6.42 Å². The van der Waals surface area contributed by atoms with Gasteiger partial charge in [0.25, 0.3) is 0 Å². The van der Waals surface area contributed by atoms with Crippen LogP contribution in [0.5, 0.6) is 5.75 Å². The molecule has 0 aliphatic rings. The van der Waals surface area contributed by atoms with Gasteiger partial charge >= 0.3 is 5.97 Å². The number of ether oxygens (including phenoxy) is 1. The van der Waals surface area contributed by atoms with Crippen molar-refractivity contribution in [2.45, 2.75) is 32.6 Å². The van der Waals surface area contributed by atoms with Crippen LogP contribution in [0.1, 0.15) is 32.6 Å². The third kappa shape index (κ3) is 5.21. The number of benzene rings is 1. The van der Waals surface area contributed by atoms with Gasteiger partial charge in [0.1, 0.15) is 5.75 Å². The lowest BCUT2D eigenvalue weighted by molar-refractivity contribution is -0.130. The van der Waals surface area contributed by atoms with E-state index in [9.17, 15) is 4.79 Å². The van der Waals surface area contributed by atoms with Crippen molar-refractivity contribution in [1.82, 2.24) is 0 Å². The molecule has 0 atom stereocenters. The van der Waals surface area contributed by atoms with Crippen molar-refractivity contribution in [3.8, 4) is 5.75 Å². The minimum atomic E-state index is -0.252. The largest absolute Gasteiger partial charge is 0.426 e. The molecule has 0 saturated heterocycles. The fraction of sp³-hybridized carbons (Fsp3) is 0.385. The Bertz CT molecular complexity index is 280. The van der Waals surface area contributed by atoms with Crippen molar-refractivity contribution in [3.63, 3.8) is 0 Å². The van der Waals surface area contributed by atoms with Crippen LogP contribution in [0.25, 0.3) is 0 Å². The van der Waals surface area contributed by atoms with Crippen molar-refractivity contribution in [3.05, 3.63) is 36.8 Å². The summed E-state index contributed by atoms with van der Waals surface area (Å²) in [5, 5.41) is 0. The van der Waals surface area contributed by atoms with Gasteiger partial charge in [-0.05, 0) is 18.6 Å². The normalized spacial score (nSPS) is 9.93. The smallest absolute Gasteiger partial charge is 0.315 e. The van der Waals surface area contributed by atoms with E-state index in [0.717, 1.165) is 19.3 Å². The lowest BCUT2D eigenvalue weighted by Gasteiger charge is -2.02. The van der Waals surface area contributed by atoms with E-state index >= 15 is 0 Å². The summed E-state index contributed by atoms with van der Waals surface area (Å²) < 4.78 is 5.10. The minimum absolute atomic E-state index is 0.252. The second-order valence-corrected chi connectivity index (χ2v) is 3.43. The Morgan fingerprint density at radius 1 is 1.27 bits per heavy atom. The Morgan fingerprint density at radius 3 is 2.67 bits per heavy atom. The fourth-order valence-corrected chi connectivity index (χ4v) is 1.26. The molecule has 15 heavy (non-hydrogen) atoms. The molecule has 1 radical (unpaired) electrons. The maximum absolute atomic E-state index is 11.3. The molecule has 0 N–H and O–H groups in total. The molecule has 0 aliphatic carbocycles. The highest BCUT2D eigenvalue weighted by molar-refractivity contribution is 5.80. The SMILES string of the molecule is CCCCC[CH]C(=O)Oc1ccccc1. The average molecular weight is 205 g/mol. The van der Waals surface area contributed by atoms with Gasteiger partial charge in [0.15, 0.2) is 0 Å². The lowest BCUT2D eigenvalue weighted by Crippen LogP contribution is -2.08. The average Bonchev–Trinajstić information content (AvgIpc) is 2.26. The molecule has 0 saturated carbocycles. The van der Waals surface area contributed by atoms with Gasteiger partial charge in [-0.1, -0.05) is 44.4 Å². The van der Waals surface area contributed by atoms with Crippen LogP contribution in [-0.2, 0) is 4.79 Å². The Hall–Kier alpha value is -1.31. The summed E-state index contributed by atoms with van der Waals surface area (Å²) in [7, 11) is 0. The van der Waals surface area contributed by atoms with Crippen LogP contribution in [0.4, 0.5) is 0 Å². The molecule has 1 aromatic rings. The van der Waals surface area contributed by atoms with Gasteiger partial charge in [-0.2, -0.15) is 0 Å². The third-order valence-electron chi connectivity index (χ3n) is 2.08. The molecule has 0 heterocycles. The first-order valence-electron chi connectivity index (χ1n) is 5.43. The zero-order chi connectivity index (χ0) is 10.9.